The summed E-state index contributed by atoms with van der Waals surface area (Å²) in [7, 11) is -3.72. The fraction of sp³-hybridized carbons (Fsp3) is 0.286. The first-order chi connectivity index (χ1) is 12.4. The molecule has 0 unspecified atom stereocenters. The van der Waals surface area contributed by atoms with Crippen LogP contribution in [0.4, 0.5) is 0 Å². The van der Waals surface area contributed by atoms with Gasteiger partial charge in [-0.15, -0.1) is 0 Å². The molecule has 0 aliphatic carbocycles. The van der Waals surface area contributed by atoms with Crippen LogP contribution in [-0.4, -0.2) is 26.2 Å². The van der Waals surface area contributed by atoms with Crippen LogP contribution in [0.25, 0.3) is 0 Å². The van der Waals surface area contributed by atoms with Gasteiger partial charge in [-0.25, -0.2) is 8.42 Å². The second kappa shape index (κ2) is 8.81. The largest absolute Gasteiger partial charge is 0.466 e. The number of ether oxygens (including phenoxy) is 1. The highest BCUT2D eigenvalue weighted by Gasteiger charge is 2.37. The van der Waals surface area contributed by atoms with Gasteiger partial charge >= 0.3 is 5.97 Å². The average Bonchev–Trinajstić information content (AvgIpc) is 2.62. The minimum atomic E-state index is -3.72. The summed E-state index contributed by atoms with van der Waals surface area (Å²) < 4.78 is 31.7. The number of sulfone groups is 1. The van der Waals surface area contributed by atoms with Gasteiger partial charge in [0.15, 0.2) is 9.84 Å². The normalized spacial score (nSPS) is 13.6. The monoisotopic (exact) mass is 372 g/mol. The molecule has 0 aliphatic heterocycles. The Morgan fingerprint density at radius 1 is 1.04 bits per heavy atom. The van der Waals surface area contributed by atoms with Crippen molar-refractivity contribution in [2.24, 2.45) is 0 Å². The maximum Gasteiger partial charge on any atom is 0.306 e. The highest BCUT2D eigenvalue weighted by Crippen LogP contribution is 2.35. The van der Waals surface area contributed by atoms with Gasteiger partial charge in [0.2, 0.25) is 0 Å². The molecule has 0 spiro atoms. The number of rotatable bonds is 8. The van der Waals surface area contributed by atoms with E-state index < -0.39 is 27.0 Å². The highest BCUT2D eigenvalue weighted by molar-refractivity contribution is 7.92. The Bertz CT molecular complexity index is 842. The summed E-state index contributed by atoms with van der Waals surface area (Å²) in [6, 6.07) is 17.5. The van der Waals surface area contributed by atoms with Crippen LogP contribution in [0.3, 0.4) is 0 Å². The first kappa shape index (κ1) is 19.9. The number of carbonyl (C=O) groups excluding carboxylic acids is 1. The van der Waals surface area contributed by atoms with Crippen LogP contribution in [0, 0.1) is 0 Å². The summed E-state index contributed by atoms with van der Waals surface area (Å²) in [6.07, 6.45) is -0.0263. The quantitative estimate of drug-likeness (QED) is 0.516. The van der Waals surface area contributed by atoms with Gasteiger partial charge in [-0.05, 0) is 31.5 Å². The smallest absolute Gasteiger partial charge is 0.306 e. The van der Waals surface area contributed by atoms with Crippen molar-refractivity contribution >= 4 is 15.8 Å². The standard InChI is InChI=1S/C21H24O4S/c1-4-25-20(22)15-19(17-11-7-5-8-12-17)21(16(2)3)26(23,24)18-13-9-6-10-14-18/h5-14,19,21H,2,4,15H2,1,3H3/t19-,21+/m0/s1. The molecule has 2 rings (SSSR count). The van der Waals surface area contributed by atoms with Gasteiger partial charge in [-0.2, -0.15) is 0 Å². The molecule has 0 saturated heterocycles. The first-order valence-corrected chi connectivity index (χ1v) is 10.1. The number of carbonyl (C=O) groups is 1. The van der Waals surface area contributed by atoms with Gasteiger partial charge in [0.25, 0.3) is 0 Å². The van der Waals surface area contributed by atoms with Gasteiger partial charge < -0.3 is 4.74 Å². The molecule has 0 amide bonds. The summed E-state index contributed by atoms with van der Waals surface area (Å²) >= 11 is 0. The number of benzene rings is 2. The SMILES string of the molecule is C=C(C)[C@H]([C@@H](CC(=O)OCC)c1ccccc1)S(=O)(=O)c1ccccc1. The third kappa shape index (κ3) is 4.61. The minimum Gasteiger partial charge on any atom is -0.466 e. The molecule has 0 aliphatic rings. The van der Waals surface area contributed by atoms with Gasteiger partial charge in [-0.3, -0.25) is 4.79 Å². The van der Waals surface area contributed by atoms with E-state index in [1.54, 1.807) is 44.2 Å². The Balaban J connectivity index is 2.54. The van der Waals surface area contributed by atoms with Crippen LogP contribution >= 0.6 is 0 Å². The summed E-state index contributed by atoms with van der Waals surface area (Å²) in [5, 5.41) is -0.920. The molecule has 4 nitrogen and oxygen atoms in total. The van der Waals surface area contributed by atoms with Crippen molar-refractivity contribution in [1.29, 1.82) is 0 Å². The molecule has 0 fully saturated rings. The Morgan fingerprint density at radius 2 is 1.58 bits per heavy atom. The molecule has 138 valence electrons. The van der Waals surface area contributed by atoms with E-state index in [4.69, 9.17) is 4.74 Å². The molecule has 0 bridgehead atoms. The summed E-state index contributed by atoms with van der Waals surface area (Å²) in [6.45, 7) is 7.58. The molecule has 0 heterocycles. The zero-order valence-corrected chi connectivity index (χ0v) is 15.9. The molecule has 0 aromatic heterocycles. The van der Waals surface area contributed by atoms with Crippen molar-refractivity contribution in [3.05, 3.63) is 78.4 Å². The van der Waals surface area contributed by atoms with Crippen molar-refractivity contribution in [3.8, 4) is 0 Å². The topological polar surface area (TPSA) is 60.4 Å². The highest BCUT2D eigenvalue weighted by atomic mass is 32.2. The molecule has 0 saturated carbocycles. The Labute approximate surface area is 155 Å². The summed E-state index contributed by atoms with van der Waals surface area (Å²) in [5.41, 5.74) is 1.26. The van der Waals surface area contributed by atoms with Gasteiger partial charge in [0, 0.05) is 5.92 Å². The molecule has 2 aromatic rings. The van der Waals surface area contributed by atoms with Crippen LogP contribution < -0.4 is 0 Å². The Hall–Kier alpha value is -2.40. The lowest BCUT2D eigenvalue weighted by molar-refractivity contribution is -0.143. The molecular weight excluding hydrogens is 348 g/mol. The van der Waals surface area contributed by atoms with Crippen LogP contribution in [0.5, 0.6) is 0 Å². The molecule has 26 heavy (non-hydrogen) atoms. The zero-order chi connectivity index (χ0) is 19.2. The van der Waals surface area contributed by atoms with Crippen LogP contribution in [-0.2, 0) is 19.4 Å². The maximum absolute atomic E-state index is 13.3. The lowest BCUT2D eigenvalue weighted by Gasteiger charge is -2.27. The predicted octanol–water partition coefficient (Wildman–Crippen LogP) is 4.14. The van der Waals surface area contributed by atoms with Crippen molar-refractivity contribution in [3.63, 3.8) is 0 Å². The van der Waals surface area contributed by atoms with Crippen LogP contribution in [0.15, 0.2) is 77.7 Å². The van der Waals surface area contributed by atoms with Gasteiger partial charge in [-0.1, -0.05) is 60.7 Å². The number of hydrogen-bond donors (Lipinski definition) is 0. The van der Waals surface area contributed by atoms with E-state index in [2.05, 4.69) is 6.58 Å². The molecule has 0 N–H and O–H groups in total. The van der Waals surface area contributed by atoms with E-state index in [9.17, 15) is 13.2 Å². The van der Waals surface area contributed by atoms with E-state index in [0.717, 1.165) is 5.56 Å². The third-order valence-corrected chi connectivity index (χ3v) is 6.51. The maximum atomic E-state index is 13.3. The molecular formula is C21H24O4S. The predicted molar refractivity (Wildman–Crippen MR) is 103 cm³/mol. The fourth-order valence-electron chi connectivity index (χ4n) is 3.08. The minimum absolute atomic E-state index is 0.0263. The number of esters is 1. The molecule has 5 heteroatoms. The van der Waals surface area contributed by atoms with Crippen molar-refractivity contribution < 1.29 is 17.9 Å². The second-order valence-electron chi connectivity index (χ2n) is 6.15. The van der Waals surface area contributed by atoms with E-state index in [-0.39, 0.29) is 17.9 Å². The van der Waals surface area contributed by atoms with E-state index >= 15 is 0 Å². The molecule has 2 atom stereocenters. The van der Waals surface area contributed by atoms with Crippen molar-refractivity contribution in [2.75, 3.05) is 6.61 Å². The van der Waals surface area contributed by atoms with E-state index in [1.165, 1.54) is 0 Å². The lowest BCUT2D eigenvalue weighted by atomic mass is 9.89. The zero-order valence-electron chi connectivity index (χ0n) is 15.1. The third-order valence-electron chi connectivity index (χ3n) is 4.18. The van der Waals surface area contributed by atoms with Gasteiger partial charge in [0.05, 0.1) is 23.2 Å². The second-order valence-corrected chi connectivity index (χ2v) is 8.22. The molecule has 0 radical (unpaired) electrons. The van der Waals surface area contributed by atoms with E-state index in [0.29, 0.717) is 5.57 Å². The molecule has 2 aromatic carbocycles. The van der Waals surface area contributed by atoms with Crippen molar-refractivity contribution in [2.45, 2.75) is 36.3 Å². The lowest BCUT2D eigenvalue weighted by Crippen LogP contribution is -2.31. The fourth-order valence-corrected chi connectivity index (χ4v) is 5.13. The van der Waals surface area contributed by atoms with Crippen molar-refractivity contribution in [1.82, 2.24) is 0 Å². The Morgan fingerprint density at radius 3 is 2.08 bits per heavy atom. The summed E-state index contributed by atoms with van der Waals surface area (Å²) in [4.78, 5) is 12.4. The number of hydrogen-bond acceptors (Lipinski definition) is 4. The van der Waals surface area contributed by atoms with Crippen LogP contribution in [0.1, 0.15) is 31.7 Å². The Kier molecular flexibility index (Phi) is 6.75. The van der Waals surface area contributed by atoms with E-state index in [1.807, 2.05) is 30.3 Å². The first-order valence-electron chi connectivity index (χ1n) is 8.52. The summed E-state index contributed by atoms with van der Waals surface area (Å²) in [5.74, 6) is -0.992. The van der Waals surface area contributed by atoms with Gasteiger partial charge in [0.1, 0.15) is 0 Å². The van der Waals surface area contributed by atoms with Crippen LogP contribution in [0.2, 0.25) is 0 Å². The average molecular weight is 372 g/mol.